The Kier molecular flexibility index (Phi) is 4.76. The highest BCUT2D eigenvalue weighted by Crippen LogP contribution is 2.18. The Balaban J connectivity index is 3.86. The summed E-state index contributed by atoms with van der Waals surface area (Å²) >= 11 is 0. The highest BCUT2D eigenvalue weighted by Gasteiger charge is 2.31. The molecule has 1 unspecified atom stereocenters. The van der Waals surface area contributed by atoms with Gasteiger partial charge in [-0.2, -0.15) is 13.2 Å². The number of nitrogens with one attached hydrogen (secondary N) is 1. The number of nitrogens with two attached hydrogens (primary N) is 1. The van der Waals surface area contributed by atoms with Crippen LogP contribution in [0.25, 0.3) is 0 Å². The summed E-state index contributed by atoms with van der Waals surface area (Å²) in [4.78, 5) is 10.7. The van der Waals surface area contributed by atoms with Crippen LogP contribution in [-0.2, 0) is 4.79 Å². The van der Waals surface area contributed by atoms with E-state index in [9.17, 15) is 18.0 Å². The molecule has 0 heterocycles. The zero-order chi connectivity index (χ0) is 10.5. The van der Waals surface area contributed by atoms with Gasteiger partial charge in [0.2, 0.25) is 5.91 Å². The molecule has 3 nitrogen and oxygen atoms in total. The summed E-state index contributed by atoms with van der Waals surface area (Å²) in [6.45, 7) is 1.89. The van der Waals surface area contributed by atoms with Crippen molar-refractivity contribution >= 4 is 5.91 Å². The molecule has 0 spiro atoms. The highest BCUT2D eigenvalue weighted by molar-refractivity contribution is 5.76. The number of carbonyl (C=O) groups excluding carboxylic acids is 1. The fraction of sp³-hybridized carbons (Fsp3) is 0.857. The third-order valence-corrected chi connectivity index (χ3v) is 1.50. The van der Waals surface area contributed by atoms with Crippen molar-refractivity contribution < 1.29 is 18.0 Å². The van der Waals surface area contributed by atoms with E-state index in [-0.39, 0.29) is 12.6 Å². The first kappa shape index (κ1) is 12.2. The van der Waals surface area contributed by atoms with E-state index >= 15 is 0 Å². The normalized spacial score (nSPS) is 13.9. The molecule has 3 N–H and O–H groups in total. The maximum atomic E-state index is 11.7. The van der Waals surface area contributed by atoms with E-state index in [0.717, 1.165) is 0 Å². The molecule has 0 aromatic carbocycles. The summed E-state index contributed by atoms with van der Waals surface area (Å²) in [5.41, 5.74) is 5.20. The summed E-state index contributed by atoms with van der Waals surface area (Å²) in [7, 11) is 0. The average molecular weight is 198 g/mol. The molecule has 0 aromatic heterocycles. The SMILES string of the molecule is CCC(CN)NC(=O)CC(F)(F)F. The maximum Gasteiger partial charge on any atom is 0.397 e. The van der Waals surface area contributed by atoms with Crippen LogP contribution in [-0.4, -0.2) is 24.7 Å². The zero-order valence-corrected chi connectivity index (χ0v) is 7.32. The smallest absolute Gasteiger partial charge is 0.352 e. The lowest BCUT2D eigenvalue weighted by Gasteiger charge is -2.15. The minimum absolute atomic E-state index is 0.153. The molecule has 0 aliphatic carbocycles. The Bertz CT molecular complexity index is 166. The second-order valence-electron chi connectivity index (χ2n) is 2.70. The fourth-order valence-electron chi connectivity index (χ4n) is 0.788. The van der Waals surface area contributed by atoms with Crippen molar-refractivity contribution in [1.82, 2.24) is 5.32 Å². The van der Waals surface area contributed by atoms with Gasteiger partial charge in [-0.1, -0.05) is 6.92 Å². The van der Waals surface area contributed by atoms with E-state index in [1.54, 1.807) is 6.92 Å². The molecule has 1 atom stereocenters. The van der Waals surface area contributed by atoms with Gasteiger partial charge in [-0.3, -0.25) is 4.79 Å². The molecule has 1 amide bonds. The van der Waals surface area contributed by atoms with Crippen LogP contribution in [0.15, 0.2) is 0 Å². The van der Waals surface area contributed by atoms with Gasteiger partial charge in [-0.25, -0.2) is 0 Å². The lowest BCUT2D eigenvalue weighted by Crippen LogP contribution is -2.41. The van der Waals surface area contributed by atoms with Crippen LogP contribution in [0.3, 0.4) is 0 Å². The van der Waals surface area contributed by atoms with Gasteiger partial charge in [0.1, 0.15) is 6.42 Å². The second-order valence-corrected chi connectivity index (χ2v) is 2.70. The Labute approximate surface area is 74.5 Å². The summed E-state index contributed by atoms with van der Waals surface area (Å²) < 4.78 is 35.0. The lowest BCUT2D eigenvalue weighted by molar-refractivity contribution is -0.154. The number of hydrogen-bond donors (Lipinski definition) is 2. The molecule has 78 valence electrons. The number of rotatable bonds is 4. The van der Waals surface area contributed by atoms with Gasteiger partial charge in [0.05, 0.1) is 0 Å². The topological polar surface area (TPSA) is 55.1 Å². The van der Waals surface area contributed by atoms with Crippen LogP contribution in [0.1, 0.15) is 19.8 Å². The van der Waals surface area contributed by atoms with Crippen LogP contribution in [0, 0.1) is 0 Å². The first-order valence-corrected chi connectivity index (χ1v) is 3.95. The molecule has 0 bridgehead atoms. The summed E-state index contributed by atoms with van der Waals surface area (Å²) in [6.07, 6.45) is -5.36. The number of halogens is 3. The first-order chi connectivity index (χ1) is 5.89. The largest absolute Gasteiger partial charge is 0.397 e. The predicted octanol–water partition coefficient (Wildman–Crippen LogP) is 0.792. The van der Waals surface area contributed by atoms with Crippen LogP contribution in [0.2, 0.25) is 0 Å². The average Bonchev–Trinajstić information content (AvgIpc) is 1.96. The number of carbonyl (C=O) groups is 1. The second kappa shape index (κ2) is 5.06. The highest BCUT2D eigenvalue weighted by atomic mass is 19.4. The van der Waals surface area contributed by atoms with Crippen LogP contribution >= 0.6 is 0 Å². The van der Waals surface area contributed by atoms with E-state index in [2.05, 4.69) is 5.32 Å². The molecular weight excluding hydrogens is 185 g/mol. The van der Waals surface area contributed by atoms with Crippen LogP contribution in [0.5, 0.6) is 0 Å². The van der Waals surface area contributed by atoms with E-state index < -0.39 is 18.5 Å². The number of hydrogen-bond acceptors (Lipinski definition) is 2. The van der Waals surface area contributed by atoms with Gasteiger partial charge in [-0.15, -0.1) is 0 Å². The molecule has 0 aliphatic rings. The Morgan fingerprint density at radius 1 is 1.54 bits per heavy atom. The van der Waals surface area contributed by atoms with E-state index in [1.807, 2.05) is 0 Å². The third kappa shape index (κ3) is 6.39. The van der Waals surface area contributed by atoms with Gasteiger partial charge in [0, 0.05) is 12.6 Å². The summed E-state index contributed by atoms with van der Waals surface area (Å²) in [5.74, 6) is -1.02. The Hall–Kier alpha value is -0.780. The van der Waals surface area contributed by atoms with Gasteiger partial charge in [0.15, 0.2) is 0 Å². The monoisotopic (exact) mass is 198 g/mol. The van der Waals surface area contributed by atoms with Gasteiger partial charge in [-0.05, 0) is 6.42 Å². The zero-order valence-electron chi connectivity index (χ0n) is 7.32. The van der Waals surface area contributed by atoms with E-state index in [0.29, 0.717) is 6.42 Å². The molecule has 0 aliphatic heterocycles. The van der Waals surface area contributed by atoms with Crippen molar-refractivity contribution in [2.45, 2.75) is 32.0 Å². The Morgan fingerprint density at radius 3 is 2.38 bits per heavy atom. The number of amides is 1. The van der Waals surface area contributed by atoms with Crippen LogP contribution < -0.4 is 11.1 Å². The minimum atomic E-state index is -4.45. The van der Waals surface area contributed by atoms with E-state index in [4.69, 9.17) is 5.73 Å². The number of alkyl halides is 3. The lowest BCUT2D eigenvalue weighted by atomic mass is 10.2. The quantitative estimate of drug-likeness (QED) is 0.701. The molecule has 13 heavy (non-hydrogen) atoms. The van der Waals surface area contributed by atoms with Crippen molar-refractivity contribution in [3.05, 3.63) is 0 Å². The van der Waals surface area contributed by atoms with Crippen molar-refractivity contribution in [3.8, 4) is 0 Å². The molecular formula is C7H13F3N2O. The van der Waals surface area contributed by atoms with Gasteiger partial charge < -0.3 is 11.1 Å². The predicted molar refractivity (Wildman–Crippen MR) is 41.9 cm³/mol. The molecule has 0 radical (unpaired) electrons. The van der Waals surface area contributed by atoms with Crippen LogP contribution in [0.4, 0.5) is 13.2 Å². The molecule has 0 aromatic rings. The van der Waals surface area contributed by atoms with Crippen molar-refractivity contribution in [1.29, 1.82) is 0 Å². The van der Waals surface area contributed by atoms with Crippen molar-refractivity contribution in [2.75, 3.05) is 6.54 Å². The van der Waals surface area contributed by atoms with Crippen molar-refractivity contribution in [3.63, 3.8) is 0 Å². The van der Waals surface area contributed by atoms with Crippen molar-refractivity contribution in [2.24, 2.45) is 5.73 Å². The summed E-state index contributed by atoms with van der Waals surface area (Å²) in [6, 6.07) is -0.366. The summed E-state index contributed by atoms with van der Waals surface area (Å²) in [5, 5.41) is 2.19. The first-order valence-electron chi connectivity index (χ1n) is 3.95. The standard InChI is InChI=1S/C7H13F3N2O/c1-2-5(4-11)12-6(13)3-7(8,9)10/h5H,2-4,11H2,1H3,(H,12,13). The molecule has 0 rings (SSSR count). The maximum absolute atomic E-state index is 11.7. The van der Waals surface area contributed by atoms with E-state index in [1.165, 1.54) is 0 Å². The van der Waals surface area contributed by atoms with Gasteiger partial charge >= 0.3 is 6.18 Å². The van der Waals surface area contributed by atoms with Gasteiger partial charge in [0.25, 0.3) is 0 Å². The molecule has 0 saturated heterocycles. The minimum Gasteiger partial charge on any atom is -0.352 e. The molecule has 6 heteroatoms. The molecule has 0 fully saturated rings. The molecule has 0 saturated carbocycles. The third-order valence-electron chi connectivity index (χ3n) is 1.50. The fourth-order valence-corrected chi connectivity index (χ4v) is 0.788. The Morgan fingerprint density at radius 2 is 2.08 bits per heavy atom.